The summed E-state index contributed by atoms with van der Waals surface area (Å²) in [5.74, 6) is -1.29. The predicted molar refractivity (Wildman–Crippen MR) is 88.4 cm³/mol. The van der Waals surface area contributed by atoms with E-state index in [0.717, 1.165) is 5.56 Å². The minimum atomic E-state index is -0.884. The first-order chi connectivity index (χ1) is 11.6. The molecule has 0 amide bonds. The zero-order chi connectivity index (χ0) is 17.4. The molecule has 2 aromatic carbocycles. The number of rotatable bonds is 9. The lowest BCUT2D eigenvalue weighted by Crippen LogP contribution is -2.25. The highest BCUT2D eigenvalue weighted by Gasteiger charge is 2.28. The fraction of sp³-hybridized carbons (Fsp3) is 0.316. The first kappa shape index (κ1) is 17.9. The number of aliphatic carboxylic acids is 1. The molecule has 24 heavy (non-hydrogen) atoms. The van der Waals surface area contributed by atoms with E-state index < -0.39 is 18.0 Å². The summed E-state index contributed by atoms with van der Waals surface area (Å²) in [7, 11) is 0. The Balaban J connectivity index is 1.95. The number of carbonyl (C=O) groups is 1. The van der Waals surface area contributed by atoms with Crippen LogP contribution in [0.2, 0.25) is 0 Å². The molecule has 1 N–H and O–H groups in total. The number of hydrogen-bond acceptors (Lipinski definition) is 3. The molecule has 0 aliphatic rings. The van der Waals surface area contributed by atoms with Gasteiger partial charge in [-0.15, -0.1) is 0 Å². The molecule has 128 valence electrons. The van der Waals surface area contributed by atoms with E-state index in [1.54, 1.807) is 0 Å². The highest BCUT2D eigenvalue weighted by atomic mass is 19.1. The Morgan fingerprint density at radius 3 is 2.33 bits per heavy atom. The molecule has 5 heteroatoms. The van der Waals surface area contributed by atoms with Gasteiger partial charge < -0.3 is 14.6 Å². The van der Waals surface area contributed by atoms with E-state index in [9.17, 15) is 14.3 Å². The molecule has 0 saturated carbocycles. The maximum absolute atomic E-state index is 12.8. The van der Waals surface area contributed by atoms with Crippen molar-refractivity contribution in [3.05, 3.63) is 66.0 Å². The van der Waals surface area contributed by atoms with E-state index >= 15 is 0 Å². The molecule has 4 nitrogen and oxygen atoms in total. The molecule has 2 atom stereocenters. The summed E-state index contributed by atoms with van der Waals surface area (Å²) in [6.07, 6.45) is -0.0706. The van der Waals surface area contributed by atoms with E-state index in [4.69, 9.17) is 9.47 Å². The zero-order valence-corrected chi connectivity index (χ0v) is 13.5. The molecule has 0 bridgehead atoms. The number of carboxylic acids is 1. The number of halogens is 1. The Hall–Kier alpha value is -2.40. The number of ether oxygens (including phenoxy) is 2. The van der Waals surface area contributed by atoms with E-state index in [2.05, 4.69) is 0 Å². The molecule has 0 radical (unpaired) electrons. The molecule has 2 rings (SSSR count). The van der Waals surface area contributed by atoms with Gasteiger partial charge in [0, 0.05) is 0 Å². The van der Waals surface area contributed by atoms with Gasteiger partial charge in [-0.1, -0.05) is 37.3 Å². The topological polar surface area (TPSA) is 55.8 Å². The van der Waals surface area contributed by atoms with Gasteiger partial charge in [-0.25, -0.2) is 4.39 Å². The van der Waals surface area contributed by atoms with Crippen molar-refractivity contribution in [3.8, 4) is 5.75 Å². The van der Waals surface area contributed by atoms with Gasteiger partial charge >= 0.3 is 5.97 Å². The Bertz CT molecular complexity index is 628. The molecule has 0 aliphatic heterocycles. The molecule has 0 spiro atoms. The fourth-order valence-electron chi connectivity index (χ4n) is 2.47. The second-order valence-electron chi connectivity index (χ2n) is 5.36. The Labute approximate surface area is 140 Å². The van der Waals surface area contributed by atoms with Gasteiger partial charge in [0.2, 0.25) is 0 Å². The van der Waals surface area contributed by atoms with Crippen molar-refractivity contribution < 1.29 is 23.8 Å². The third kappa shape index (κ3) is 5.06. The molecule has 2 aromatic rings. The maximum Gasteiger partial charge on any atom is 0.309 e. The molecule has 0 aromatic heterocycles. The summed E-state index contributed by atoms with van der Waals surface area (Å²) >= 11 is 0. The van der Waals surface area contributed by atoms with Gasteiger partial charge in [0.1, 0.15) is 18.2 Å². The first-order valence-corrected chi connectivity index (χ1v) is 7.89. The minimum absolute atomic E-state index is 0.237. The summed E-state index contributed by atoms with van der Waals surface area (Å²) in [6.45, 7) is 2.32. The third-order valence-corrected chi connectivity index (χ3v) is 3.71. The van der Waals surface area contributed by atoms with Crippen LogP contribution in [0.15, 0.2) is 54.6 Å². The monoisotopic (exact) mass is 332 g/mol. The van der Waals surface area contributed by atoms with Crippen molar-refractivity contribution in [3.63, 3.8) is 0 Å². The Kier molecular flexibility index (Phi) is 6.75. The molecular formula is C19H21FO4. The van der Waals surface area contributed by atoms with E-state index in [1.807, 2.05) is 37.3 Å². The van der Waals surface area contributed by atoms with Gasteiger partial charge in [0.05, 0.1) is 18.6 Å². The van der Waals surface area contributed by atoms with Gasteiger partial charge in [-0.05, 0) is 36.2 Å². The Morgan fingerprint density at radius 2 is 1.75 bits per heavy atom. The molecule has 0 aliphatic carbocycles. The largest absolute Gasteiger partial charge is 0.491 e. The average Bonchev–Trinajstić information content (AvgIpc) is 2.59. The maximum atomic E-state index is 12.8. The molecular weight excluding hydrogens is 311 g/mol. The standard InChI is InChI=1S/C19H21FO4/c1-2-17(19(21)22)18(14-6-4-3-5-7-14)24-13-12-23-16-10-8-15(20)9-11-16/h3-11,17-18H,2,12-13H2,1H3,(H,21,22). The van der Waals surface area contributed by atoms with Crippen molar-refractivity contribution >= 4 is 5.97 Å². The highest BCUT2D eigenvalue weighted by molar-refractivity contribution is 5.71. The lowest BCUT2D eigenvalue weighted by molar-refractivity contribution is -0.148. The van der Waals surface area contributed by atoms with Crippen LogP contribution < -0.4 is 4.74 Å². The third-order valence-electron chi connectivity index (χ3n) is 3.71. The van der Waals surface area contributed by atoms with E-state index in [1.165, 1.54) is 24.3 Å². The molecule has 2 unspecified atom stereocenters. The lowest BCUT2D eigenvalue weighted by atomic mass is 9.93. The van der Waals surface area contributed by atoms with Crippen molar-refractivity contribution in [2.75, 3.05) is 13.2 Å². The van der Waals surface area contributed by atoms with Crippen LogP contribution in [0.4, 0.5) is 4.39 Å². The van der Waals surface area contributed by atoms with Gasteiger partial charge in [0.15, 0.2) is 0 Å². The second-order valence-corrected chi connectivity index (χ2v) is 5.36. The first-order valence-electron chi connectivity index (χ1n) is 7.89. The fourth-order valence-corrected chi connectivity index (χ4v) is 2.47. The van der Waals surface area contributed by atoms with E-state index in [0.29, 0.717) is 12.2 Å². The summed E-state index contributed by atoms with van der Waals surface area (Å²) in [6, 6.07) is 15.0. The van der Waals surface area contributed by atoms with Crippen molar-refractivity contribution in [2.45, 2.75) is 19.4 Å². The highest BCUT2D eigenvalue weighted by Crippen LogP contribution is 2.28. The number of hydrogen-bond donors (Lipinski definition) is 1. The quantitative estimate of drug-likeness (QED) is 0.703. The van der Waals surface area contributed by atoms with Crippen molar-refractivity contribution in [1.29, 1.82) is 0 Å². The van der Waals surface area contributed by atoms with Crippen molar-refractivity contribution in [2.24, 2.45) is 5.92 Å². The van der Waals surface area contributed by atoms with Crippen LogP contribution in [0.3, 0.4) is 0 Å². The smallest absolute Gasteiger partial charge is 0.309 e. The van der Waals surface area contributed by atoms with Crippen LogP contribution >= 0.6 is 0 Å². The summed E-state index contributed by atoms with van der Waals surface area (Å²) in [5.41, 5.74) is 0.827. The summed E-state index contributed by atoms with van der Waals surface area (Å²) in [4.78, 5) is 11.5. The average molecular weight is 332 g/mol. The van der Waals surface area contributed by atoms with Crippen LogP contribution in [0, 0.1) is 11.7 Å². The van der Waals surface area contributed by atoms with Crippen LogP contribution in [-0.4, -0.2) is 24.3 Å². The van der Waals surface area contributed by atoms with Gasteiger partial charge in [-0.2, -0.15) is 0 Å². The Morgan fingerprint density at radius 1 is 1.08 bits per heavy atom. The molecule has 0 saturated heterocycles. The summed E-state index contributed by atoms with van der Waals surface area (Å²) < 4.78 is 24.1. The predicted octanol–water partition coefficient (Wildman–Crippen LogP) is 4.07. The normalized spacial score (nSPS) is 13.2. The van der Waals surface area contributed by atoms with Crippen LogP contribution in [0.25, 0.3) is 0 Å². The van der Waals surface area contributed by atoms with Crippen LogP contribution in [-0.2, 0) is 9.53 Å². The minimum Gasteiger partial charge on any atom is -0.491 e. The van der Waals surface area contributed by atoms with Crippen LogP contribution in [0.1, 0.15) is 25.0 Å². The SMILES string of the molecule is CCC(C(=O)O)C(OCCOc1ccc(F)cc1)c1ccccc1. The summed E-state index contributed by atoms with van der Waals surface area (Å²) in [5, 5.41) is 9.42. The van der Waals surface area contributed by atoms with Gasteiger partial charge in [0.25, 0.3) is 0 Å². The zero-order valence-electron chi connectivity index (χ0n) is 13.5. The van der Waals surface area contributed by atoms with Crippen molar-refractivity contribution in [1.82, 2.24) is 0 Å². The molecule has 0 heterocycles. The molecule has 0 fully saturated rings. The van der Waals surface area contributed by atoms with Gasteiger partial charge in [-0.3, -0.25) is 4.79 Å². The van der Waals surface area contributed by atoms with Crippen LogP contribution in [0.5, 0.6) is 5.75 Å². The van der Waals surface area contributed by atoms with E-state index in [-0.39, 0.29) is 19.0 Å². The lowest BCUT2D eigenvalue weighted by Gasteiger charge is -2.24. The number of benzene rings is 2. The number of carboxylic acid groups (broad SMARTS) is 1. The second kappa shape index (κ2) is 9.03.